The second-order valence-electron chi connectivity index (χ2n) is 5.78. The highest BCUT2D eigenvalue weighted by Crippen LogP contribution is 2.28. The molecule has 1 aliphatic heterocycles. The lowest BCUT2D eigenvalue weighted by Gasteiger charge is -2.13. The standard InChI is InChI=1S/C16H17BrN6O4/c17-11-5-3-10(4-6-11)16(24)22-21-15-13(23(25)26)14(19-9-20-15)18-8-12-2-1-7-27-12/h3-6,9,12H,1-2,7-8H2,(H,22,24)(H2,18,19,20,21). The van der Waals surface area contributed by atoms with E-state index in [1.165, 1.54) is 6.33 Å². The molecule has 0 saturated carbocycles. The van der Waals surface area contributed by atoms with Gasteiger partial charge in [-0.15, -0.1) is 0 Å². The SMILES string of the molecule is O=C(NNc1ncnc(NCC2CCCO2)c1[N+](=O)[O-])c1ccc(Br)cc1. The van der Waals surface area contributed by atoms with E-state index in [9.17, 15) is 14.9 Å². The zero-order valence-corrected chi connectivity index (χ0v) is 15.7. The predicted molar refractivity (Wildman–Crippen MR) is 101 cm³/mol. The van der Waals surface area contributed by atoms with Gasteiger partial charge in [-0.3, -0.25) is 25.8 Å². The average Bonchev–Trinajstić information content (AvgIpc) is 3.18. The number of amides is 1. The predicted octanol–water partition coefficient (Wildman–Crippen LogP) is 2.50. The molecule has 142 valence electrons. The number of nitrogens with zero attached hydrogens (tertiary/aromatic N) is 3. The number of ether oxygens (including phenoxy) is 1. The molecule has 1 atom stereocenters. The summed E-state index contributed by atoms with van der Waals surface area (Å²) < 4.78 is 6.32. The minimum absolute atomic E-state index is 0.00640. The van der Waals surface area contributed by atoms with Crippen LogP contribution in [0.3, 0.4) is 0 Å². The first-order valence-electron chi connectivity index (χ1n) is 8.21. The van der Waals surface area contributed by atoms with E-state index in [-0.39, 0.29) is 23.4 Å². The van der Waals surface area contributed by atoms with Gasteiger partial charge in [-0.25, -0.2) is 9.97 Å². The van der Waals surface area contributed by atoms with Crippen LogP contribution < -0.4 is 16.2 Å². The number of benzene rings is 1. The van der Waals surface area contributed by atoms with Gasteiger partial charge in [-0.1, -0.05) is 15.9 Å². The van der Waals surface area contributed by atoms with Crippen LogP contribution in [0.1, 0.15) is 23.2 Å². The molecular weight excluding hydrogens is 420 g/mol. The van der Waals surface area contributed by atoms with E-state index in [0.29, 0.717) is 18.7 Å². The number of hydrogen-bond donors (Lipinski definition) is 3. The van der Waals surface area contributed by atoms with Gasteiger partial charge in [0.1, 0.15) is 6.33 Å². The number of hydrazine groups is 1. The number of hydrogen-bond acceptors (Lipinski definition) is 8. The summed E-state index contributed by atoms with van der Waals surface area (Å²) in [5, 5.41) is 14.4. The Hall–Kier alpha value is -2.79. The Balaban J connectivity index is 1.70. The maximum absolute atomic E-state index is 12.2. The third-order valence-electron chi connectivity index (χ3n) is 3.93. The van der Waals surface area contributed by atoms with E-state index in [2.05, 4.69) is 42.1 Å². The summed E-state index contributed by atoms with van der Waals surface area (Å²) in [6, 6.07) is 6.67. The van der Waals surface area contributed by atoms with E-state index in [1.54, 1.807) is 24.3 Å². The molecule has 1 fully saturated rings. The molecule has 10 nitrogen and oxygen atoms in total. The Bertz CT molecular complexity index is 826. The second kappa shape index (κ2) is 8.73. The molecule has 1 amide bonds. The van der Waals surface area contributed by atoms with Crippen LogP contribution in [0, 0.1) is 10.1 Å². The highest BCUT2D eigenvalue weighted by Gasteiger charge is 2.25. The van der Waals surface area contributed by atoms with Crippen molar-refractivity contribution in [3.8, 4) is 0 Å². The van der Waals surface area contributed by atoms with Gasteiger partial charge in [0.25, 0.3) is 5.91 Å². The van der Waals surface area contributed by atoms with Crippen molar-refractivity contribution in [2.24, 2.45) is 0 Å². The van der Waals surface area contributed by atoms with E-state index in [0.717, 1.165) is 17.3 Å². The van der Waals surface area contributed by atoms with Crippen LogP contribution in [-0.4, -0.2) is 40.1 Å². The van der Waals surface area contributed by atoms with Crippen LogP contribution in [0.2, 0.25) is 0 Å². The molecule has 1 aliphatic rings. The molecule has 2 aromatic rings. The van der Waals surface area contributed by atoms with Crippen LogP contribution in [0.4, 0.5) is 17.3 Å². The maximum Gasteiger partial charge on any atom is 0.354 e. The number of rotatable bonds is 7. The van der Waals surface area contributed by atoms with Crippen molar-refractivity contribution in [3.63, 3.8) is 0 Å². The Labute approximate surface area is 163 Å². The van der Waals surface area contributed by atoms with Crippen LogP contribution in [-0.2, 0) is 4.74 Å². The van der Waals surface area contributed by atoms with Crippen molar-refractivity contribution in [1.29, 1.82) is 0 Å². The molecule has 0 spiro atoms. The van der Waals surface area contributed by atoms with Crippen LogP contribution in [0.15, 0.2) is 35.1 Å². The molecule has 1 aromatic carbocycles. The number of aromatic nitrogens is 2. The van der Waals surface area contributed by atoms with Crippen molar-refractivity contribution in [1.82, 2.24) is 15.4 Å². The van der Waals surface area contributed by atoms with Gasteiger partial charge in [-0.05, 0) is 37.1 Å². The van der Waals surface area contributed by atoms with Crippen molar-refractivity contribution in [2.45, 2.75) is 18.9 Å². The van der Waals surface area contributed by atoms with Crippen molar-refractivity contribution in [3.05, 3.63) is 50.7 Å². The van der Waals surface area contributed by atoms with Crippen molar-refractivity contribution in [2.75, 3.05) is 23.9 Å². The molecule has 3 N–H and O–H groups in total. The number of carbonyl (C=O) groups excluding carboxylic acids is 1. The first-order valence-corrected chi connectivity index (χ1v) is 9.00. The Morgan fingerprint density at radius 2 is 2.04 bits per heavy atom. The molecule has 27 heavy (non-hydrogen) atoms. The van der Waals surface area contributed by atoms with Gasteiger partial charge in [0.05, 0.1) is 11.0 Å². The minimum Gasteiger partial charge on any atom is -0.376 e. The van der Waals surface area contributed by atoms with Crippen LogP contribution in [0.25, 0.3) is 0 Å². The fraction of sp³-hybridized carbons (Fsp3) is 0.312. The largest absolute Gasteiger partial charge is 0.376 e. The summed E-state index contributed by atoms with van der Waals surface area (Å²) in [7, 11) is 0. The summed E-state index contributed by atoms with van der Waals surface area (Å²) in [5.41, 5.74) is 4.94. The van der Waals surface area contributed by atoms with E-state index >= 15 is 0 Å². The Kier molecular flexibility index (Phi) is 6.14. The summed E-state index contributed by atoms with van der Waals surface area (Å²) in [4.78, 5) is 30.8. The Morgan fingerprint density at radius 1 is 1.30 bits per heavy atom. The van der Waals surface area contributed by atoms with Crippen LogP contribution in [0.5, 0.6) is 0 Å². The monoisotopic (exact) mass is 436 g/mol. The summed E-state index contributed by atoms with van der Waals surface area (Å²) in [6.45, 7) is 1.09. The molecule has 0 radical (unpaired) electrons. The van der Waals surface area contributed by atoms with Gasteiger partial charge in [0, 0.05) is 23.2 Å². The lowest BCUT2D eigenvalue weighted by molar-refractivity contribution is -0.383. The first-order chi connectivity index (χ1) is 13.0. The number of nitrogens with one attached hydrogen (secondary N) is 3. The van der Waals surface area contributed by atoms with Gasteiger partial charge in [-0.2, -0.15) is 0 Å². The number of anilines is 2. The van der Waals surface area contributed by atoms with Gasteiger partial charge in [0.15, 0.2) is 0 Å². The molecule has 1 saturated heterocycles. The Morgan fingerprint density at radius 3 is 2.70 bits per heavy atom. The quantitative estimate of drug-likeness (QED) is 0.445. The van der Waals surface area contributed by atoms with Gasteiger partial charge in [0.2, 0.25) is 11.6 Å². The lowest BCUT2D eigenvalue weighted by atomic mass is 10.2. The molecular formula is C16H17BrN6O4. The van der Waals surface area contributed by atoms with E-state index in [1.807, 2.05) is 0 Å². The lowest BCUT2D eigenvalue weighted by Crippen LogP contribution is -2.30. The normalized spacial score (nSPS) is 16.0. The highest BCUT2D eigenvalue weighted by molar-refractivity contribution is 9.10. The van der Waals surface area contributed by atoms with Crippen molar-refractivity contribution < 1.29 is 14.5 Å². The molecule has 2 heterocycles. The number of halogens is 1. The highest BCUT2D eigenvalue weighted by atomic mass is 79.9. The van der Waals surface area contributed by atoms with E-state index < -0.39 is 10.8 Å². The third kappa shape index (κ3) is 4.89. The topological polar surface area (TPSA) is 131 Å². The summed E-state index contributed by atoms with van der Waals surface area (Å²) >= 11 is 3.29. The summed E-state index contributed by atoms with van der Waals surface area (Å²) in [5.74, 6) is -0.509. The maximum atomic E-state index is 12.2. The number of nitro groups is 1. The smallest absolute Gasteiger partial charge is 0.354 e. The zero-order valence-electron chi connectivity index (χ0n) is 14.1. The summed E-state index contributed by atoms with van der Waals surface area (Å²) in [6.07, 6.45) is 3.03. The average molecular weight is 437 g/mol. The van der Waals surface area contributed by atoms with Crippen LogP contribution >= 0.6 is 15.9 Å². The minimum atomic E-state index is -0.605. The van der Waals surface area contributed by atoms with Gasteiger partial charge < -0.3 is 10.1 Å². The fourth-order valence-corrected chi connectivity index (χ4v) is 2.84. The third-order valence-corrected chi connectivity index (χ3v) is 4.46. The zero-order chi connectivity index (χ0) is 19.2. The number of carbonyl (C=O) groups is 1. The molecule has 0 aliphatic carbocycles. The molecule has 1 aromatic heterocycles. The molecule has 1 unspecified atom stereocenters. The molecule has 11 heteroatoms. The van der Waals surface area contributed by atoms with Gasteiger partial charge >= 0.3 is 5.69 Å². The first kappa shape index (κ1) is 19.0. The second-order valence-corrected chi connectivity index (χ2v) is 6.69. The molecule has 0 bridgehead atoms. The van der Waals surface area contributed by atoms with E-state index in [4.69, 9.17) is 4.74 Å². The molecule has 3 rings (SSSR count). The van der Waals surface area contributed by atoms with Crippen molar-refractivity contribution >= 4 is 39.2 Å². The fourth-order valence-electron chi connectivity index (χ4n) is 2.58.